The molecule has 0 atom stereocenters. The zero-order chi connectivity index (χ0) is 26.1. The standard InChI is InChI=1S/C29H24N4O3S/c1-18-9-11-22(12-10-18)33-20(3)25(19(2)31-33)17-26-27(34)30-29(37)32(28(26)35)21-13-15-24(16-14-21)36-23-7-5-4-6-8-23/h4-17H,1-3H3,(H,30,34,37). The topological polar surface area (TPSA) is 76.5 Å². The van der Waals surface area contributed by atoms with Crippen LogP contribution in [0.1, 0.15) is 22.5 Å². The van der Waals surface area contributed by atoms with Gasteiger partial charge in [0, 0.05) is 11.3 Å². The molecule has 1 saturated heterocycles. The molecule has 2 amide bonds. The summed E-state index contributed by atoms with van der Waals surface area (Å²) in [6.07, 6.45) is 1.58. The number of nitrogens with zero attached hydrogens (tertiary/aromatic N) is 3. The highest BCUT2D eigenvalue weighted by Gasteiger charge is 2.35. The molecule has 1 fully saturated rings. The summed E-state index contributed by atoms with van der Waals surface area (Å²) < 4.78 is 7.64. The lowest BCUT2D eigenvalue weighted by atomic mass is 10.1. The predicted octanol–water partition coefficient (Wildman–Crippen LogP) is 5.42. The van der Waals surface area contributed by atoms with Crippen LogP contribution in [0.3, 0.4) is 0 Å². The molecule has 7 nitrogen and oxygen atoms in total. The Morgan fingerprint density at radius 1 is 0.838 bits per heavy atom. The van der Waals surface area contributed by atoms with Crippen molar-refractivity contribution in [1.82, 2.24) is 15.1 Å². The average molecular weight is 509 g/mol. The number of amides is 2. The Bertz CT molecular complexity index is 1540. The number of carbonyl (C=O) groups excluding carboxylic acids is 2. The fraction of sp³-hybridized carbons (Fsp3) is 0.103. The largest absolute Gasteiger partial charge is 0.457 e. The van der Waals surface area contributed by atoms with E-state index in [-0.39, 0.29) is 10.7 Å². The lowest BCUT2D eigenvalue weighted by molar-refractivity contribution is -0.122. The van der Waals surface area contributed by atoms with Gasteiger partial charge >= 0.3 is 0 Å². The van der Waals surface area contributed by atoms with Gasteiger partial charge in [-0.15, -0.1) is 0 Å². The first-order valence-electron chi connectivity index (χ1n) is 11.7. The lowest BCUT2D eigenvalue weighted by Crippen LogP contribution is -2.54. The van der Waals surface area contributed by atoms with Crippen molar-refractivity contribution in [2.45, 2.75) is 20.8 Å². The molecule has 184 valence electrons. The molecule has 37 heavy (non-hydrogen) atoms. The van der Waals surface area contributed by atoms with Crippen LogP contribution < -0.4 is 15.0 Å². The van der Waals surface area contributed by atoms with Gasteiger partial charge in [-0.25, -0.2) is 4.68 Å². The van der Waals surface area contributed by atoms with E-state index in [1.54, 1.807) is 35.0 Å². The van der Waals surface area contributed by atoms with E-state index in [1.165, 1.54) is 4.90 Å². The van der Waals surface area contributed by atoms with Gasteiger partial charge in [0.15, 0.2) is 5.11 Å². The summed E-state index contributed by atoms with van der Waals surface area (Å²) in [6, 6.07) is 24.3. The third kappa shape index (κ3) is 4.79. The first kappa shape index (κ1) is 24.1. The Labute approximate surface area is 220 Å². The van der Waals surface area contributed by atoms with Crippen LogP contribution in [0.4, 0.5) is 5.69 Å². The van der Waals surface area contributed by atoms with E-state index in [4.69, 9.17) is 17.0 Å². The fourth-order valence-corrected chi connectivity index (χ4v) is 4.41. The molecule has 2 heterocycles. The summed E-state index contributed by atoms with van der Waals surface area (Å²) in [7, 11) is 0. The van der Waals surface area contributed by atoms with E-state index in [0.717, 1.165) is 16.9 Å². The Kier molecular flexibility index (Phi) is 6.42. The zero-order valence-electron chi connectivity index (χ0n) is 20.6. The number of thiocarbonyl (C=S) groups is 1. The minimum Gasteiger partial charge on any atom is -0.457 e. The summed E-state index contributed by atoms with van der Waals surface area (Å²) in [6.45, 7) is 5.78. The molecule has 0 bridgehead atoms. The van der Waals surface area contributed by atoms with E-state index >= 15 is 0 Å². The summed E-state index contributed by atoms with van der Waals surface area (Å²) in [5.74, 6) is 0.263. The summed E-state index contributed by atoms with van der Waals surface area (Å²) in [5, 5.41) is 7.30. The van der Waals surface area contributed by atoms with Crippen LogP contribution in [0.5, 0.6) is 11.5 Å². The molecule has 8 heteroatoms. The molecule has 1 aromatic heterocycles. The zero-order valence-corrected chi connectivity index (χ0v) is 21.4. The Morgan fingerprint density at radius 2 is 1.46 bits per heavy atom. The van der Waals surface area contributed by atoms with Crippen LogP contribution in [0.15, 0.2) is 84.4 Å². The fourth-order valence-electron chi connectivity index (χ4n) is 4.13. The minimum atomic E-state index is -0.544. The molecule has 0 aliphatic carbocycles. The van der Waals surface area contributed by atoms with Gasteiger partial charge in [0.25, 0.3) is 11.8 Å². The van der Waals surface area contributed by atoms with Gasteiger partial charge in [0.05, 0.1) is 17.1 Å². The van der Waals surface area contributed by atoms with E-state index in [0.29, 0.717) is 28.4 Å². The van der Waals surface area contributed by atoms with E-state index in [9.17, 15) is 9.59 Å². The van der Waals surface area contributed by atoms with Crippen molar-refractivity contribution in [1.29, 1.82) is 0 Å². The maximum atomic E-state index is 13.5. The Morgan fingerprint density at radius 3 is 2.14 bits per heavy atom. The van der Waals surface area contributed by atoms with E-state index < -0.39 is 11.8 Å². The van der Waals surface area contributed by atoms with Gasteiger partial charge in [0.1, 0.15) is 17.1 Å². The molecule has 5 rings (SSSR count). The molecule has 4 aromatic rings. The highest BCUT2D eigenvalue weighted by atomic mass is 32.1. The third-order valence-corrected chi connectivity index (χ3v) is 6.37. The molecular formula is C29H24N4O3S. The minimum absolute atomic E-state index is 0.0205. The second-order valence-corrected chi connectivity index (χ2v) is 9.09. The van der Waals surface area contributed by atoms with Gasteiger partial charge in [-0.05, 0) is 87.6 Å². The first-order chi connectivity index (χ1) is 17.8. The van der Waals surface area contributed by atoms with Crippen molar-refractivity contribution >= 4 is 40.9 Å². The Hall–Kier alpha value is -4.56. The third-order valence-electron chi connectivity index (χ3n) is 6.09. The maximum absolute atomic E-state index is 13.5. The molecule has 3 aromatic carbocycles. The van der Waals surface area contributed by atoms with Crippen LogP contribution in [-0.4, -0.2) is 26.7 Å². The summed E-state index contributed by atoms with van der Waals surface area (Å²) >= 11 is 5.35. The van der Waals surface area contributed by atoms with Crippen LogP contribution in [0.2, 0.25) is 0 Å². The van der Waals surface area contributed by atoms with Gasteiger partial charge in [-0.1, -0.05) is 35.9 Å². The number of ether oxygens (including phenoxy) is 1. The molecule has 1 N–H and O–H groups in total. The van der Waals surface area contributed by atoms with Gasteiger partial charge < -0.3 is 4.74 Å². The number of para-hydroxylation sites is 1. The summed E-state index contributed by atoms with van der Waals surface area (Å²) in [4.78, 5) is 27.7. The number of anilines is 1. The van der Waals surface area contributed by atoms with Crippen LogP contribution in [0.25, 0.3) is 11.8 Å². The molecule has 0 radical (unpaired) electrons. The van der Waals surface area contributed by atoms with Crippen molar-refractivity contribution in [2.75, 3.05) is 4.90 Å². The quantitative estimate of drug-likeness (QED) is 0.221. The summed E-state index contributed by atoms with van der Waals surface area (Å²) in [5.41, 5.74) is 4.77. The number of aryl methyl sites for hydroxylation is 2. The average Bonchev–Trinajstić information content (AvgIpc) is 3.16. The number of rotatable bonds is 5. The van der Waals surface area contributed by atoms with Crippen molar-refractivity contribution in [3.63, 3.8) is 0 Å². The highest BCUT2D eigenvalue weighted by Crippen LogP contribution is 2.28. The van der Waals surface area contributed by atoms with Crippen LogP contribution in [0, 0.1) is 20.8 Å². The smallest absolute Gasteiger partial charge is 0.270 e. The van der Waals surface area contributed by atoms with Crippen molar-refractivity contribution in [3.8, 4) is 17.2 Å². The van der Waals surface area contributed by atoms with Gasteiger partial charge in [-0.3, -0.25) is 19.8 Å². The molecule has 0 unspecified atom stereocenters. The first-order valence-corrected chi connectivity index (χ1v) is 12.1. The molecule has 1 aliphatic rings. The van der Waals surface area contributed by atoms with Crippen molar-refractivity contribution in [2.24, 2.45) is 0 Å². The maximum Gasteiger partial charge on any atom is 0.270 e. The van der Waals surface area contributed by atoms with Crippen molar-refractivity contribution < 1.29 is 14.3 Å². The number of hydrogen-bond donors (Lipinski definition) is 1. The SMILES string of the molecule is Cc1ccc(-n2nc(C)c(C=C3C(=O)NC(=S)N(c4ccc(Oc5ccccc5)cc4)C3=O)c2C)cc1. The number of carbonyl (C=O) groups is 2. The number of benzene rings is 3. The lowest BCUT2D eigenvalue weighted by Gasteiger charge is -2.29. The van der Waals surface area contributed by atoms with Crippen LogP contribution >= 0.6 is 12.2 Å². The second-order valence-electron chi connectivity index (χ2n) is 8.70. The van der Waals surface area contributed by atoms with Crippen LogP contribution in [-0.2, 0) is 9.59 Å². The number of nitrogens with one attached hydrogen (secondary N) is 1. The van der Waals surface area contributed by atoms with Crippen molar-refractivity contribution in [3.05, 3.63) is 107 Å². The number of hydrogen-bond acceptors (Lipinski definition) is 5. The van der Waals surface area contributed by atoms with Gasteiger partial charge in [0.2, 0.25) is 0 Å². The van der Waals surface area contributed by atoms with Gasteiger partial charge in [-0.2, -0.15) is 5.10 Å². The molecule has 0 spiro atoms. The normalized spacial score (nSPS) is 14.7. The van der Waals surface area contributed by atoms with E-state index in [2.05, 4.69) is 10.4 Å². The molecule has 0 saturated carbocycles. The van der Waals surface area contributed by atoms with E-state index in [1.807, 2.05) is 75.4 Å². The highest BCUT2D eigenvalue weighted by molar-refractivity contribution is 7.80. The Balaban J connectivity index is 1.45. The second kappa shape index (κ2) is 9.83. The monoisotopic (exact) mass is 508 g/mol. The number of aromatic nitrogens is 2. The molecular weight excluding hydrogens is 484 g/mol. The molecule has 1 aliphatic heterocycles. The predicted molar refractivity (Wildman–Crippen MR) is 147 cm³/mol.